The number of aromatic nitrogens is 2. The van der Waals surface area contributed by atoms with Crippen molar-refractivity contribution in [3.63, 3.8) is 0 Å². The van der Waals surface area contributed by atoms with Crippen molar-refractivity contribution in [2.24, 2.45) is 0 Å². The fourth-order valence-electron chi connectivity index (χ4n) is 3.60. The highest BCUT2D eigenvalue weighted by Gasteiger charge is 2.17. The predicted octanol–water partition coefficient (Wildman–Crippen LogP) is 3.58. The van der Waals surface area contributed by atoms with Gasteiger partial charge in [0.25, 0.3) is 5.56 Å². The Balaban J connectivity index is 1.38. The molecule has 1 aromatic heterocycles. The van der Waals surface area contributed by atoms with Crippen molar-refractivity contribution in [2.45, 2.75) is 18.2 Å². The molecule has 1 N–H and O–H groups in total. The Morgan fingerprint density at radius 2 is 1.76 bits per heavy atom. The van der Waals surface area contributed by atoms with Crippen molar-refractivity contribution in [1.82, 2.24) is 14.9 Å². The Morgan fingerprint density at radius 3 is 2.64 bits per heavy atom. The molecule has 166 valence electrons. The average Bonchev–Trinajstić information content (AvgIpc) is 3.32. The second-order valence-corrected chi connectivity index (χ2v) is 8.48. The number of thioether (sulfide) groups is 1. The van der Waals surface area contributed by atoms with E-state index in [0.717, 1.165) is 11.1 Å². The van der Waals surface area contributed by atoms with Crippen molar-refractivity contribution in [3.05, 3.63) is 94.3 Å². The van der Waals surface area contributed by atoms with Gasteiger partial charge in [-0.2, -0.15) is 0 Å². The van der Waals surface area contributed by atoms with Crippen LogP contribution in [0.2, 0.25) is 0 Å². The van der Waals surface area contributed by atoms with E-state index in [-0.39, 0.29) is 24.0 Å². The van der Waals surface area contributed by atoms with Crippen LogP contribution in [0.15, 0.2) is 82.7 Å². The van der Waals surface area contributed by atoms with Crippen molar-refractivity contribution in [3.8, 4) is 11.5 Å². The van der Waals surface area contributed by atoms with Gasteiger partial charge in [0.2, 0.25) is 12.7 Å². The van der Waals surface area contributed by atoms with Gasteiger partial charge in [-0.05, 0) is 35.4 Å². The van der Waals surface area contributed by atoms with Gasteiger partial charge in [0.15, 0.2) is 16.7 Å². The number of hydrogen-bond acceptors (Lipinski definition) is 6. The lowest BCUT2D eigenvalue weighted by Gasteiger charge is -2.14. The van der Waals surface area contributed by atoms with Crippen LogP contribution in [0.1, 0.15) is 11.1 Å². The number of nitrogens with one attached hydrogen (secondary N) is 1. The molecule has 0 atom stereocenters. The maximum absolute atomic E-state index is 13.3. The largest absolute Gasteiger partial charge is 0.454 e. The third kappa shape index (κ3) is 4.70. The summed E-state index contributed by atoms with van der Waals surface area (Å²) in [6, 6.07) is 22.6. The van der Waals surface area contributed by atoms with E-state index >= 15 is 0 Å². The van der Waals surface area contributed by atoms with Gasteiger partial charge in [-0.1, -0.05) is 60.3 Å². The molecule has 7 nitrogen and oxygen atoms in total. The van der Waals surface area contributed by atoms with Crippen molar-refractivity contribution >= 4 is 28.6 Å². The van der Waals surface area contributed by atoms with Crippen LogP contribution in [-0.4, -0.2) is 28.0 Å². The summed E-state index contributed by atoms with van der Waals surface area (Å²) in [6.07, 6.45) is 0. The fraction of sp³-hybridized carbons (Fsp3) is 0.160. The van der Waals surface area contributed by atoms with Crippen LogP contribution in [0.5, 0.6) is 11.5 Å². The Bertz CT molecular complexity index is 1370. The summed E-state index contributed by atoms with van der Waals surface area (Å²) in [5.74, 6) is 1.37. The normalized spacial score (nSPS) is 12.1. The van der Waals surface area contributed by atoms with Gasteiger partial charge in [0.05, 0.1) is 23.2 Å². The van der Waals surface area contributed by atoms with E-state index in [2.05, 4.69) is 10.3 Å². The molecule has 1 aliphatic heterocycles. The van der Waals surface area contributed by atoms with Crippen LogP contribution in [0.3, 0.4) is 0 Å². The van der Waals surface area contributed by atoms with E-state index in [9.17, 15) is 9.59 Å². The summed E-state index contributed by atoms with van der Waals surface area (Å²) in [4.78, 5) is 30.4. The molecule has 1 amide bonds. The number of carbonyl (C=O) groups excluding carboxylic acids is 1. The number of nitrogens with zero attached hydrogens (tertiary/aromatic N) is 2. The molecule has 0 aliphatic carbocycles. The van der Waals surface area contributed by atoms with Crippen LogP contribution < -0.4 is 20.3 Å². The van der Waals surface area contributed by atoms with Gasteiger partial charge < -0.3 is 14.8 Å². The van der Waals surface area contributed by atoms with Crippen LogP contribution in [0, 0.1) is 0 Å². The number of para-hydroxylation sites is 1. The molecule has 33 heavy (non-hydrogen) atoms. The fourth-order valence-corrected chi connectivity index (χ4v) is 4.43. The van der Waals surface area contributed by atoms with Gasteiger partial charge in [-0.25, -0.2) is 4.98 Å². The summed E-state index contributed by atoms with van der Waals surface area (Å²) in [5.41, 5.74) is 2.37. The zero-order chi connectivity index (χ0) is 22.6. The first kappa shape index (κ1) is 21.1. The number of amides is 1. The third-order valence-corrected chi connectivity index (χ3v) is 6.25. The van der Waals surface area contributed by atoms with Crippen molar-refractivity contribution in [2.75, 3.05) is 12.5 Å². The van der Waals surface area contributed by atoms with Crippen molar-refractivity contribution < 1.29 is 14.3 Å². The molecular weight excluding hydrogens is 438 g/mol. The maximum atomic E-state index is 13.3. The third-order valence-electron chi connectivity index (χ3n) is 5.27. The minimum atomic E-state index is -0.148. The quantitative estimate of drug-likeness (QED) is 0.336. The van der Waals surface area contributed by atoms with Gasteiger partial charge in [-0.15, -0.1) is 0 Å². The van der Waals surface area contributed by atoms with Crippen LogP contribution in [-0.2, 0) is 17.9 Å². The summed E-state index contributed by atoms with van der Waals surface area (Å²) in [7, 11) is 0. The molecule has 0 unspecified atom stereocenters. The predicted molar refractivity (Wildman–Crippen MR) is 127 cm³/mol. The molecule has 5 rings (SSSR count). The molecule has 0 bridgehead atoms. The molecule has 0 saturated heterocycles. The standard InChI is InChI=1S/C25H21N3O4S/c29-23(26-13-17-6-2-1-3-7-17)15-33-25-27-20-9-5-4-8-19(20)24(30)28(25)14-18-10-11-21-22(12-18)32-16-31-21/h1-12H,13-16H2,(H,26,29). The molecule has 0 fully saturated rings. The second-order valence-electron chi connectivity index (χ2n) is 7.54. The van der Waals surface area contributed by atoms with E-state index in [0.29, 0.717) is 40.6 Å². The molecule has 0 saturated carbocycles. The highest BCUT2D eigenvalue weighted by atomic mass is 32.2. The molecular formula is C25H21N3O4S. The first-order chi connectivity index (χ1) is 16.2. The Morgan fingerprint density at radius 1 is 0.970 bits per heavy atom. The Hall–Kier alpha value is -3.78. The smallest absolute Gasteiger partial charge is 0.262 e. The molecule has 3 aromatic carbocycles. The first-order valence-corrected chi connectivity index (χ1v) is 11.5. The molecule has 1 aliphatic rings. The average molecular weight is 460 g/mol. The first-order valence-electron chi connectivity index (χ1n) is 10.5. The highest BCUT2D eigenvalue weighted by molar-refractivity contribution is 7.99. The molecule has 0 radical (unpaired) electrons. The lowest BCUT2D eigenvalue weighted by Crippen LogP contribution is -2.27. The number of hydrogen-bond donors (Lipinski definition) is 1. The monoisotopic (exact) mass is 459 g/mol. The lowest BCUT2D eigenvalue weighted by atomic mass is 10.2. The molecule has 2 heterocycles. The number of rotatable bonds is 7. The number of fused-ring (bicyclic) bond motifs is 2. The van der Waals surface area contributed by atoms with Crippen LogP contribution >= 0.6 is 11.8 Å². The number of benzene rings is 3. The molecule has 0 spiro atoms. The van der Waals surface area contributed by atoms with Gasteiger partial charge in [0.1, 0.15) is 0 Å². The minimum absolute atomic E-state index is 0.124. The zero-order valence-electron chi connectivity index (χ0n) is 17.7. The summed E-state index contributed by atoms with van der Waals surface area (Å²) < 4.78 is 12.4. The summed E-state index contributed by atoms with van der Waals surface area (Å²) in [6.45, 7) is 0.951. The van der Waals surface area contributed by atoms with Gasteiger partial charge in [0, 0.05) is 6.54 Å². The van der Waals surface area contributed by atoms with Gasteiger partial charge in [-0.3, -0.25) is 14.2 Å². The Kier molecular flexibility index (Phi) is 5.99. The summed E-state index contributed by atoms with van der Waals surface area (Å²) >= 11 is 1.25. The molecule has 8 heteroatoms. The van der Waals surface area contributed by atoms with E-state index in [1.165, 1.54) is 11.8 Å². The SMILES string of the molecule is O=C(CSc1nc2ccccc2c(=O)n1Cc1ccc2c(c1)OCO2)NCc1ccccc1. The lowest BCUT2D eigenvalue weighted by molar-refractivity contribution is -0.118. The number of carbonyl (C=O) groups is 1. The zero-order valence-corrected chi connectivity index (χ0v) is 18.5. The molecule has 4 aromatic rings. The second kappa shape index (κ2) is 9.38. The van der Waals surface area contributed by atoms with Crippen LogP contribution in [0.25, 0.3) is 10.9 Å². The van der Waals surface area contributed by atoms with E-state index in [1.807, 2.05) is 60.7 Å². The maximum Gasteiger partial charge on any atom is 0.262 e. The Labute approximate surface area is 194 Å². The van der Waals surface area contributed by atoms with Crippen LogP contribution in [0.4, 0.5) is 0 Å². The van der Waals surface area contributed by atoms with Crippen molar-refractivity contribution in [1.29, 1.82) is 0 Å². The van der Waals surface area contributed by atoms with E-state index in [4.69, 9.17) is 9.47 Å². The topological polar surface area (TPSA) is 82.5 Å². The van der Waals surface area contributed by atoms with E-state index in [1.54, 1.807) is 16.7 Å². The van der Waals surface area contributed by atoms with Gasteiger partial charge >= 0.3 is 0 Å². The minimum Gasteiger partial charge on any atom is -0.454 e. The number of ether oxygens (including phenoxy) is 2. The highest BCUT2D eigenvalue weighted by Crippen LogP contribution is 2.33. The van der Waals surface area contributed by atoms with E-state index < -0.39 is 0 Å². The summed E-state index contributed by atoms with van der Waals surface area (Å²) in [5, 5.41) is 3.94.